The van der Waals surface area contributed by atoms with E-state index < -0.39 is 58.4 Å². The molecule has 0 unspecified atom stereocenters. The van der Waals surface area contributed by atoms with Gasteiger partial charge >= 0.3 is 5.97 Å². The lowest BCUT2D eigenvalue weighted by molar-refractivity contribution is -0.113. The number of aryl methyl sites for hydroxylation is 1. The van der Waals surface area contributed by atoms with Crippen LogP contribution in [0.15, 0.2) is 71.6 Å². The van der Waals surface area contributed by atoms with E-state index in [1.165, 1.54) is 23.8 Å². The number of unbranched alkanes of at least 4 members (excludes halogenated alkanes) is 4. The Bertz CT molecular complexity index is 1660. The van der Waals surface area contributed by atoms with Crippen LogP contribution in [0.4, 0.5) is 10.1 Å². The summed E-state index contributed by atoms with van der Waals surface area (Å²) in [7, 11) is -2.45. The number of carbonyl (C=O) groups is 1. The molecule has 0 fully saturated rings. The second-order valence-electron chi connectivity index (χ2n) is 12.0. The lowest BCUT2D eigenvalue weighted by atomic mass is 10.0. The first-order chi connectivity index (χ1) is 24.3. The largest absolute Gasteiger partial charge is 0.478 e. The molecule has 3 rings (SSSR count). The number of sulfonamides is 1. The van der Waals surface area contributed by atoms with Gasteiger partial charge in [-0.2, -0.15) is 0 Å². The summed E-state index contributed by atoms with van der Waals surface area (Å²) in [5, 5.41) is 56.8. The van der Waals surface area contributed by atoms with Crippen molar-refractivity contribution in [3.05, 3.63) is 94.8 Å². The molecule has 0 saturated carbocycles. The van der Waals surface area contributed by atoms with Crippen LogP contribution in [0.1, 0.15) is 79.4 Å². The molecular weight excluding hydrogens is 679 g/mol. The standard InChI is InChI=1S/C31H34FNO4S.C7H17NO5/c1-3-5-7-8-22-33(27-18-21-30(32)29(23-27)31(34)35)38(36,37)28-19-16-26(17-20-28)15-14-25-12-10-24(11-13-25)9-6-4-2;1-8-2-4(10)6(12)7(13)5(11)3-9/h10-13,16-21,23H,3-9,22H2,1-2H3,(H,34,35);4-13H,2-3H2,1H3/t;4-,5+,6+,7+/m.0/s1. The number of rotatable bonds is 18. The number of halogens is 1. The van der Waals surface area contributed by atoms with E-state index in [9.17, 15) is 27.8 Å². The van der Waals surface area contributed by atoms with Crippen molar-refractivity contribution < 1.29 is 48.2 Å². The van der Waals surface area contributed by atoms with E-state index in [2.05, 4.69) is 43.1 Å². The summed E-state index contributed by atoms with van der Waals surface area (Å²) >= 11 is 0. The summed E-state index contributed by atoms with van der Waals surface area (Å²) in [6.45, 7) is 3.81. The molecule has 0 amide bonds. The lowest BCUT2D eigenvalue weighted by Crippen LogP contribution is -2.48. The van der Waals surface area contributed by atoms with Gasteiger partial charge < -0.3 is 36.0 Å². The lowest BCUT2D eigenvalue weighted by Gasteiger charge is -2.25. The van der Waals surface area contributed by atoms with Crippen LogP contribution in [-0.2, 0) is 16.4 Å². The number of carboxylic acid groups (broad SMARTS) is 1. The van der Waals surface area contributed by atoms with Gasteiger partial charge in [0.1, 0.15) is 24.1 Å². The summed E-state index contributed by atoms with van der Waals surface area (Å²) < 4.78 is 42.4. The van der Waals surface area contributed by atoms with E-state index in [4.69, 9.17) is 20.4 Å². The highest BCUT2D eigenvalue weighted by atomic mass is 32.2. The van der Waals surface area contributed by atoms with Gasteiger partial charge in [-0.3, -0.25) is 4.31 Å². The number of likely N-dealkylation sites (N-methyl/N-ethyl adjacent to an activating group) is 1. The van der Waals surface area contributed by atoms with Gasteiger partial charge in [0.2, 0.25) is 0 Å². The predicted molar refractivity (Wildman–Crippen MR) is 195 cm³/mol. The molecule has 0 aromatic heterocycles. The van der Waals surface area contributed by atoms with Crippen molar-refractivity contribution in [2.45, 2.75) is 88.1 Å². The van der Waals surface area contributed by atoms with Crippen molar-refractivity contribution in [2.75, 3.05) is 31.0 Å². The Balaban J connectivity index is 0.000000588. The van der Waals surface area contributed by atoms with Crippen molar-refractivity contribution in [3.8, 4) is 11.8 Å². The highest BCUT2D eigenvalue weighted by Crippen LogP contribution is 2.27. The van der Waals surface area contributed by atoms with Gasteiger partial charge in [0, 0.05) is 24.2 Å². The maximum Gasteiger partial charge on any atom is 0.338 e. The highest BCUT2D eigenvalue weighted by Gasteiger charge is 2.29. The van der Waals surface area contributed by atoms with Gasteiger partial charge in [0.25, 0.3) is 10.0 Å². The van der Waals surface area contributed by atoms with Gasteiger partial charge in [-0.1, -0.05) is 63.5 Å². The Labute approximate surface area is 300 Å². The molecule has 280 valence electrons. The zero-order valence-corrected chi connectivity index (χ0v) is 30.2. The zero-order chi connectivity index (χ0) is 38.0. The minimum atomic E-state index is -4.02. The van der Waals surface area contributed by atoms with Gasteiger partial charge in [-0.15, -0.1) is 0 Å². The number of anilines is 1. The number of hydrogen-bond acceptors (Lipinski definition) is 9. The first-order valence-corrected chi connectivity index (χ1v) is 18.5. The Morgan fingerprint density at radius 1 is 0.824 bits per heavy atom. The van der Waals surface area contributed by atoms with E-state index >= 15 is 0 Å². The second kappa shape index (κ2) is 22.1. The first kappa shape index (κ1) is 43.3. The summed E-state index contributed by atoms with van der Waals surface area (Å²) in [5.74, 6) is 3.82. The summed E-state index contributed by atoms with van der Waals surface area (Å²) in [5.41, 5.74) is 2.38. The first-order valence-electron chi connectivity index (χ1n) is 17.0. The van der Waals surface area contributed by atoms with Crippen molar-refractivity contribution >= 4 is 21.7 Å². The molecule has 0 aliphatic rings. The van der Waals surface area contributed by atoms with Gasteiger partial charge in [-0.25, -0.2) is 17.6 Å². The number of nitrogens with zero attached hydrogens (tertiary/aromatic N) is 1. The third-order valence-electron chi connectivity index (χ3n) is 7.99. The van der Waals surface area contributed by atoms with Crippen LogP contribution < -0.4 is 9.62 Å². The van der Waals surface area contributed by atoms with Gasteiger partial charge in [0.15, 0.2) is 0 Å². The Morgan fingerprint density at radius 3 is 1.92 bits per heavy atom. The summed E-state index contributed by atoms with van der Waals surface area (Å²) in [6, 6.07) is 17.8. The average Bonchev–Trinajstić information content (AvgIpc) is 3.13. The number of carboxylic acids is 1. The van der Waals surface area contributed by atoms with Crippen LogP contribution in [0.3, 0.4) is 0 Å². The normalized spacial score (nSPS) is 13.5. The van der Waals surface area contributed by atoms with E-state index in [1.54, 1.807) is 19.2 Å². The number of aromatic carboxylic acids is 1. The molecule has 0 saturated heterocycles. The SMILES string of the molecule is CCCCCCN(c1ccc(F)c(C(=O)O)c1)S(=O)(=O)c1ccc(C#Cc2ccc(CCCC)cc2)cc1.CNC[C@H](O)[C@@H](O)[C@H](O)[C@H](O)CO. The maximum atomic E-state index is 14.0. The molecule has 0 aliphatic carbocycles. The fraction of sp³-hybridized carbons (Fsp3) is 0.447. The van der Waals surface area contributed by atoms with Crippen molar-refractivity contribution in [3.63, 3.8) is 0 Å². The molecule has 0 heterocycles. The molecule has 4 atom stereocenters. The molecule has 7 N–H and O–H groups in total. The van der Waals surface area contributed by atoms with E-state index in [0.29, 0.717) is 12.0 Å². The van der Waals surface area contributed by atoms with Crippen molar-refractivity contribution in [2.24, 2.45) is 0 Å². The average molecular weight is 731 g/mol. The molecule has 3 aromatic carbocycles. The fourth-order valence-corrected chi connectivity index (χ4v) is 6.41. The van der Waals surface area contributed by atoms with E-state index in [-0.39, 0.29) is 23.7 Å². The molecule has 0 aliphatic heterocycles. The van der Waals surface area contributed by atoms with Crippen LogP contribution in [-0.4, -0.2) is 96.2 Å². The summed E-state index contributed by atoms with van der Waals surface area (Å²) in [6.07, 6.45) is 1.05. The van der Waals surface area contributed by atoms with Crippen LogP contribution in [0.5, 0.6) is 0 Å². The Morgan fingerprint density at radius 2 is 1.39 bits per heavy atom. The molecule has 0 bridgehead atoms. The quantitative estimate of drug-likeness (QED) is 0.0752. The molecule has 13 heteroatoms. The van der Waals surface area contributed by atoms with E-state index in [1.807, 2.05) is 12.1 Å². The van der Waals surface area contributed by atoms with Gasteiger partial charge in [-0.05, 0) is 86.5 Å². The third kappa shape index (κ3) is 13.6. The van der Waals surface area contributed by atoms with Gasteiger partial charge in [0.05, 0.1) is 28.9 Å². The minimum absolute atomic E-state index is 0.0556. The summed E-state index contributed by atoms with van der Waals surface area (Å²) in [4.78, 5) is 11.5. The second-order valence-corrected chi connectivity index (χ2v) is 13.9. The van der Waals surface area contributed by atoms with Crippen LogP contribution >= 0.6 is 0 Å². The van der Waals surface area contributed by atoms with Crippen LogP contribution in [0.2, 0.25) is 0 Å². The molecule has 3 aromatic rings. The zero-order valence-electron chi connectivity index (χ0n) is 29.4. The number of benzene rings is 3. The fourth-order valence-electron chi connectivity index (χ4n) is 4.91. The Hall–Kier alpha value is -3.87. The highest BCUT2D eigenvalue weighted by molar-refractivity contribution is 7.92. The van der Waals surface area contributed by atoms with Crippen LogP contribution in [0.25, 0.3) is 0 Å². The number of aliphatic hydroxyl groups is 5. The molecule has 11 nitrogen and oxygen atoms in total. The molecular formula is C38H51FN2O9S. The predicted octanol–water partition coefficient (Wildman–Crippen LogP) is 3.68. The number of nitrogens with one attached hydrogen (secondary N) is 1. The molecule has 0 radical (unpaired) electrons. The van der Waals surface area contributed by atoms with E-state index in [0.717, 1.165) is 60.5 Å². The topological polar surface area (TPSA) is 188 Å². The Kier molecular flexibility index (Phi) is 18.8. The smallest absolute Gasteiger partial charge is 0.338 e. The van der Waals surface area contributed by atoms with Crippen LogP contribution in [0, 0.1) is 17.7 Å². The number of aliphatic hydroxyl groups excluding tert-OH is 5. The monoisotopic (exact) mass is 730 g/mol. The van der Waals surface area contributed by atoms with Crippen molar-refractivity contribution in [1.82, 2.24) is 5.32 Å². The maximum absolute atomic E-state index is 14.0. The molecule has 51 heavy (non-hydrogen) atoms. The minimum Gasteiger partial charge on any atom is -0.478 e. The molecule has 0 spiro atoms. The third-order valence-corrected chi connectivity index (χ3v) is 9.83. The number of hydrogen-bond donors (Lipinski definition) is 7. The van der Waals surface area contributed by atoms with Crippen molar-refractivity contribution in [1.29, 1.82) is 0 Å².